The lowest BCUT2D eigenvalue weighted by atomic mass is 9.97. The maximum Gasteiger partial charge on any atom is 0.410 e. The Morgan fingerprint density at radius 1 is 1.30 bits per heavy atom. The van der Waals surface area contributed by atoms with Gasteiger partial charge in [-0.05, 0) is 32.8 Å². The Morgan fingerprint density at radius 3 is 2.55 bits per heavy atom. The Balaban J connectivity index is 1.94. The van der Waals surface area contributed by atoms with E-state index in [1.54, 1.807) is 4.90 Å². The lowest BCUT2D eigenvalue weighted by Crippen LogP contribution is -2.35. The van der Waals surface area contributed by atoms with Gasteiger partial charge in [-0.15, -0.1) is 0 Å². The van der Waals surface area contributed by atoms with Crippen molar-refractivity contribution >= 4 is 6.09 Å². The first kappa shape index (κ1) is 14.9. The van der Waals surface area contributed by atoms with Gasteiger partial charge in [0.2, 0.25) is 0 Å². The van der Waals surface area contributed by atoms with E-state index in [4.69, 9.17) is 4.74 Å². The first-order chi connectivity index (χ1) is 9.35. The number of β-amino-alcohol motifs (C(OH)–C–C–N with tert-alkyl or cyclic N) is 1. The quantitative estimate of drug-likeness (QED) is 0.903. The molecule has 1 amide bonds. The van der Waals surface area contributed by atoms with E-state index in [0.29, 0.717) is 13.1 Å². The average Bonchev–Trinajstić information content (AvgIpc) is 2.70. The van der Waals surface area contributed by atoms with Gasteiger partial charge >= 0.3 is 6.09 Å². The van der Waals surface area contributed by atoms with Crippen molar-refractivity contribution < 1.29 is 14.6 Å². The molecule has 1 aromatic carbocycles. The first-order valence-electron chi connectivity index (χ1n) is 7.05. The molecule has 20 heavy (non-hydrogen) atoms. The Kier molecular flexibility index (Phi) is 4.33. The lowest BCUT2D eigenvalue weighted by Gasteiger charge is -2.24. The van der Waals surface area contributed by atoms with Crippen LogP contribution in [0.15, 0.2) is 30.3 Å². The number of aliphatic hydroxyl groups is 1. The number of aliphatic hydroxyl groups excluding tert-OH is 1. The van der Waals surface area contributed by atoms with Gasteiger partial charge in [-0.25, -0.2) is 4.79 Å². The Labute approximate surface area is 120 Å². The molecule has 110 valence electrons. The van der Waals surface area contributed by atoms with Crippen molar-refractivity contribution in [3.8, 4) is 0 Å². The van der Waals surface area contributed by atoms with Gasteiger partial charge in [0.25, 0.3) is 0 Å². The van der Waals surface area contributed by atoms with Gasteiger partial charge in [-0.3, -0.25) is 0 Å². The number of amides is 1. The van der Waals surface area contributed by atoms with E-state index in [2.05, 4.69) is 0 Å². The highest BCUT2D eigenvalue weighted by Crippen LogP contribution is 2.23. The number of nitrogens with zero attached hydrogens (tertiary/aromatic N) is 1. The maximum absolute atomic E-state index is 12.0. The number of ether oxygens (including phenoxy) is 1. The van der Waals surface area contributed by atoms with E-state index in [9.17, 15) is 9.90 Å². The van der Waals surface area contributed by atoms with Crippen LogP contribution in [0.2, 0.25) is 0 Å². The van der Waals surface area contributed by atoms with Gasteiger partial charge in [0.1, 0.15) is 5.60 Å². The smallest absolute Gasteiger partial charge is 0.410 e. The normalized spacial score (nSPS) is 22.9. The molecule has 2 rings (SSSR count). The van der Waals surface area contributed by atoms with Crippen molar-refractivity contribution in [3.05, 3.63) is 35.9 Å². The van der Waals surface area contributed by atoms with Gasteiger partial charge in [0, 0.05) is 12.5 Å². The van der Waals surface area contributed by atoms with Crippen LogP contribution in [0.3, 0.4) is 0 Å². The van der Waals surface area contributed by atoms with Crippen LogP contribution >= 0.6 is 0 Å². The molecule has 1 N–H and O–H groups in total. The Hall–Kier alpha value is -1.55. The van der Waals surface area contributed by atoms with Crippen molar-refractivity contribution in [2.45, 2.75) is 38.9 Å². The number of carbonyl (C=O) groups excluding carboxylic acids is 1. The molecule has 0 spiro atoms. The van der Waals surface area contributed by atoms with Crippen LogP contribution in [0.5, 0.6) is 0 Å². The summed E-state index contributed by atoms with van der Waals surface area (Å²) in [5, 5.41) is 10.1. The fourth-order valence-corrected chi connectivity index (χ4v) is 2.45. The summed E-state index contributed by atoms with van der Waals surface area (Å²) in [5.41, 5.74) is 0.683. The summed E-state index contributed by atoms with van der Waals surface area (Å²) in [6.07, 6.45) is -0.0452. The van der Waals surface area contributed by atoms with Crippen LogP contribution < -0.4 is 0 Å². The highest BCUT2D eigenvalue weighted by Gasteiger charge is 2.35. The molecule has 0 radical (unpaired) electrons. The number of hydrogen-bond donors (Lipinski definition) is 1. The number of hydrogen-bond acceptors (Lipinski definition) is 3. The predicted octanol–water partition coefficient (Wildman–Crippen LogP) is 2.46. The zero-order valence-corrected chi connectivity index (χ0v) is 12.4. The zero-order valence-electron chi connectivity index (χ0n) is 12.4. The van der Waals surface area contributed by atoms with Gasteiger partial charge in [-0.2, -0.15) is 0 Å². The average molecular weight is 277 g/mol. The molecule has 1 aliphatic rings. The molecule has 1 heterocycles. The number of benzene rings is 1. The molecular weight excluding hydrogens is 254 g/mol. The molecule has 1 fully saturated rings. The first-order valence-corrected chi connectivity index (χ1v) is 7.05. The SMILES string of the molecule is CC(C)(C)OC(=O)N1CC(O)C(Cc2ccccc2)C1. The third kappa shape index (κ3) is 3.97. The standard InChI is InChI=1S/C16H23NO3/c1-16(2,3)20-15(19)17-10-13(14(18)11-17)9-12-7-5-4-6-8-12/h4-8,13-14,18H,9-11H2,1-3H3. The minimum absolute atomic E-state index is 0.0740. The summed E-state index contributed by atoms with van der Waals surface area (Å²) in [4.78, 5) is 13.6. The molecular formula is C16H23NO3. The van der Waals surface area contributed by atoms with Crippen LogP contribution in [0.1, 0.15) is 26.3 Å². The van der Waals surface area contributed by atoms with E-state index in [-0.39, 0.29) is 12.0 Å². The molecule has 0 saturated carbocycles. The summed E-state index contributed by atoms with van der Waals surface area (Å²) in [6.45, 7) is 6.44. The van der Waals surface area contributed by atoms with Crippen molar-refractivity contribution in [2.75, 3.05) is 13.1 Å². The van der Waals surface area contributed by atoms with Crippen LogP contribution in [0, 0.1) is 5.92 Å². The minimum Gasteiger partial charge on any atom is -0.444 e. The zero-order chi connectivity index (χ0) is 14.8. The highest BCUT2D eigenvalue weighted by atomic mass is 16.6. The van der Waals surface area contributed by atoms with Crippen molar-refractivity contribution in [1.29, 1.82) is 0 Å². The number of carbonyl (C=O) groups is 1. The van der Waals surface area contributed by atoms with E-state index in [1.807, 2.05) is 51.1 Å². The second-order valence-electron chi connectivity index (χ2n) is 6.40. The summed E-state index contributed by atoms with van der Waals surface area (Å²) in [6, 6.07) is 10.0. The van der Waals surface area contributed by atoms with Crippen LogP contribution in [-0.2, 0) is 11.2 Å². The third-order valence-electron chi connectivity index (χ3n) is 3.40. The van der Waals surface area contributed by atoms with Crippen LogP contribution in [0.4, 0.5) is 4.79 Å². The highest BCUT2D eigenvalue weighted by molar-refractivity contribution is 5.68. The predicted molar refractivity (Wildman–Crippen MR) is 77.4 cm³/mol. The molecule has 0 aromatic heterocycles. The van der Waals surface area contributed by atoms with Crippen molar-refractivity contribution in [3.63, 3.8) is 0 Å². The summed E-state index contributed by atoms with van der Waals surface area (Å²) in [5.74, 6) is 0.0740. The van der Waals surface area contributed by atoms with Crippen molar-refractivity contribution in [1.82, 2.24) is 4.90 Å². The molecule has 4 heteroatoms. The van der Waals surface area contributed by atoms with Crippen LogP contribution in [-0.4, -0.2) is 40.9 Å². The van der Waals surface area contributed by atoms with Gasteiger partial charge in [0.15, 0.2) is 0 Å². The third-order valence-corrected chi connectivity index (χ3v) is 3.40. The second-order valence-corrected chi connectivity index (χ2v) is 6.40. The van der Waals surface area contributed by atoms with Crippen LogP contribution in [0.25, 0.3) is 0 Å². The summed E-state index contributed by atoms with van der Waals surface area (Å²) >= 11 is 0. The maximum atomic E-state index is 12.0. The molecule has 2 unspecified atom stereocenters. The Bertz CT molecular complexity index is 453. The fraction of sp³-hybridized carbons (Fsp3) is 0.562. The largest absolute Gasteiger partial charge is 0.444 e. The molecule has 1 saturated heterocycles. The second kappa shape index (κ2) is 5.83. The molecule has 0 aliphatic carbocycles. The van der Waals surface area contributed by atoms with E-state index < -0.39 is 11.7 Å². The van der Waals surface area contributed by atoms with E-state index >= 15 is 0 Å². The molecule has 4 nitrogen and oxygen atoms in total. The summed E-state index contributed by atoms with van der Waals surface area (Å²) in [7, 11) is 0. The number of rotatable bonds is 2. The topological polar surface area (TPSA) is 49.8 Å². The van der Waals surface area contributed by atoms with Gasteiger partial charge in [0.05, 0.1) is 12.6 Å². The van der Waals surface area contributed by atoms with Gasteiger partial charge < -0.3 is 14.7 Å². The molecule has 1 aliphatic heterocycles. The lowest BCUT2D eigenvalue weighted by molar-refractivity contribution is 0.0270. The van der Waals surface area contributed by atoms with E-state index in [0.717, 1.165) is 6.42 Å². The minimum atomic E-state index is -0.500. The molecule has 2 atom stereocenters. The van der Waals surface area contributed by atoms with Gasteiger partial charge in [-0.1, -0.05) is 30.3 Å². The monoisotopic (exact) mass is 277 g/mol. The summed E-state index contributed by atoms with van der Waals surface area (Å²) < 4.78 is 5.34. The molecule has 0 bridgehead atoms. The van der Waals surface area contributed by atoms with Crippen molar-refractivity contribution in [2.24, 2.45) is 5.92 Å². The number of likely N-dealkylation sites (tertiary alicyclic amines) is 1. The molecule has 1 aromatic rings. The fourth-order valence-electron chi connectivity index (χ4n) is 2.45. The Morgan fingerprint density at radius 2 is 1.95 bits per heavy atom. The van der Waals surface area contributed by atoms with E-state index in [1.165, 1.54) is 5.56 Å².